The van der Waals surface area contributed by atoms with E-state index < -0.39 is 23.3 Å². The van der Waals surface area contributed by atoms with Gasteiger partial charge in [-0.1, -0.05) is 18.0 Å². The Labute approximate surface area is 122 Å². The van der Waals surface area contributed by atoms with Crippen LogP contribution in [0.25, 0.3) is 0 Å². The summed E-state index contributed by atoms with van der Waals surface area (Å²) in [6, 6.07) is 1.38. The fourth-order valence-corrected chi connectivity index (χ4v) is 3.78. The highest BCUT2D eigenvalue weighted by Crippen LogP contribution is 2.40. The first kappa shape index (κ1) is 13.1. The van der Waals surface area contributed by atoms with Crippen LogP contribution in [0.2, 0.25) is 5.02 Å². The summed E-state index contributed by atoms with van der Waals surface area (Å²) < 4.78 is 15.8. The minimum atomic E-state index is -1.28. The molecule has 2 heterocycles. The van der Waals surface area contributed by atoms with Crippen molar-refractivity contribution in [2.45, 2.75) is 37.5 Å². The van der Waals surface area contributed by atoms with Crippen molar-refractivity contribution in [2.75, 3.05) is 0 Å². The van der Waals surface area contributed by atoms with E-state index in [-0.39, 0.29) is 15.2 Å². The molecule has 1 spiro atoms. The van der Waals surface area contributed by atoms with Gasteiger partial charge in [-0.15, -0.1) is 0 Å². The Bertz CT molecular complexity index is 633. The number of hydrogen-bond donors (Lipinski definition) is 1. The number of carbonyl (C=O) groups is 1. The summed E-state index contributed by atoms with van der Waals surface area (Å²) in [5.41, 5.74) is -1.64. The SMILES string of the molecule is O=C1NC2(CCCCC2F)n2c1c(Cl)cc(Br)c2=O. The predicted octanol–water partition coefficient (Wildman–Crippen LogP) is 2.57. The molecule has 1 aliphatic carbocycles. The molecule has 1 fully saturated rings. The monoisotopic (exact) mass is 348 g/mol. The minimum Gasteiger partial charge on any atom is -0.325 e. The third kappa shape index (κ3) is 1.69. The van der Waals surface area contributed by atoms with Crippen LogP contribution in [-0.2, 0) is 5.66 Å². The molecule has 2 aliphatic rings. The first-order valence-corrected chi connectivity index (χ1v) is 7.22. The number of nitrogens with zero attached hydrogens (tertiary/aromatic N) is 1. The van der Waals surface area contributed by atoms with Crippen LogP contribution in [0.15, 0.2) is 15.3 Å². The maximum atomic E-state index is 14.4. The van der Waals surface area contributed by atoms with Crippen LogP contribution in [0.5, 0.6) is 0 Å². The molecule has 4 nitrogen and oxygen atoms in total. The summed E-state index contributed by atoms with van der Waals surface area (Å²) in [4.78, 5) is 24.3. The van der Waals surface area contributed by atoms with E-state index in [4.69, 9.17) is 11.6 Å². The molecule has 1 amide bonds. The quantitative estimate of drug-likeness (QED) is 0.783. The number of hydrogen-bond acceptors (Lipinski definition) is 2. The van der Waals surface area contributed by atoms with Crippen molar-refractivity contribution in [1.29, 1.82) is 0 Å². The number of amides is 1. The lowest BCUT2D eigenvalue weighted by Gasteiger charge is -2.38. The van der Waals surface area contributed by atoms with Crippen molar-refractivity contribution < 1.29 is 9.18 Å². The zero-order valence-electron chi connectivity index (χ0n) is 9.88. The molecule has 7 heteroatoms. The molecule has 2 atom stereocenters. The number of alkyl halides is 1. The number of aromatic nitrogens is 1. The molecule has 1 aromatic heterocycles. The largest absolute Gasteiger partial charge is 0.325 e. The molecule has 102 valence electrons. The summed E-state index contributed by atoms with van der Waals surface area (Å²) in [6.45, 7) is 0. The average Bonchev–Trinajstić information content (AvgIpc) is 2.65. The van der Waals surface area contributed by atoms with Gasteiger partial charge in [0.05, 0.1) is 9.50 Å². The van der Waals surface area contributed by atoms with Crippen LogP contribution in [-0.4, -0.2) is 16.6 Å². The van der Waals surface area contributed by atoms with Gasteiger partial charge >= 0.3 is 0 Å². The van der Waals surface area contributed by atoms with Gasteiger partial charge in [0.2, 0.25) is 0 Å². The maximum Gasteiger partial charge on any atom is 0.271 e. The molecule has 1 aromatic rings. The molecule has 2 unspecified atom stereocenters. The molecule has 0 saturated heterocycles. The van der Waals surface area contributed by atoms with E-state index in [0.29, 0.717) is 12.8 Å². The number of rotatable bonds is 0. The number of nitrogens with one attached hydrogen (secondary N) is 1. The van der Waals surface area contributed by atoms with Crippen molar-refractivity contribution in [3.8, 4) is 0 Å². The van der Waals surface area contributed by atoms with Crippen molar-refractivity contribution in [3.05, 3.63) is 31.6 Å². The van der Waals surface area contributed by atoms with Crippen molar-refractivity contribution in [1.82, 2.24) is 9.88 Å². The number of carbonyl (C=O) groups excluding carboxylic acids is 1. The van der Waals surface area contributed by atoms with E-state index in [0.717, 1.165) is 12.8 Å². The molecular formula is C12H11BrClFN2O2. The number of fused-ring (bicyclic) bond motifs is 2. The highest BCUT2D eigenvalue weighted by Gasteiger charge is 2.51. The van der Waals surface area contributed by atoms with Gasteiger partial charge in [-0.2, -0.15) is 0 Å². The second-order valence-corrected chi connectivity index (χ2v) is 6.18. The summed E-state index contributed by atoms with van der Waals surface area (Å²) in [5, 5.41) is 2.79. The summed E-state index contributed by atoms with van der Waals surface area (Å²) >= 11 is 9.13. The van der Waals surface area contributed by atoms with E-state index >= 15 is 0 Å². The van der Waals surface area contributed by atoms with Crippen molar-refractivity contribution in [3.63, 3.8) is 0 Å². The Morgan fingerprint density at radius 2 is 2.21 bits per heavy atom. The lowest BCUT2D eigenvalue weighted by Crippen LogP contribution is -2.55. The van der Waals surface area contributed by atoms with Gasteiger partial charge in [-0.25, -0.2) is 4.39 Å². The Kier molecular flexibility index (Phi) is 2.98. The van der Waals surface area contributed by atoms with E-state index in [1.165, 1.54) is 10.6 Å². The first-order chi connectivity index (χ1) is 8.97. The van der Waals surface area contributed by atoms with Crippen LogP contribution < -0.4 is 10.9 Å². The minimum absolute atomic E-state index is 0.0550. The molecule has 1 saturated carbocycles. The molecule has 1 aliphatic heterocycles. The molecule has 0 bridgehead atoms. The van der Waals surface area contributed by atoms with Gasteiger partial charge in [0.15, 0.2) is 5.66 Å². The summed E-state index contributed by atoms with van der Waals surface area (Å²) in [5.74, 6) is -0.487. The van der Waals surface area contributed by atoms with E-state index in [1.807, 2.05) is 0 Å². The van der Waals surface area contributed by atoms with E-state index in [2.05, 4.69) is 21.2 Å². The Morgan fingerprint density at radius 3 is 2.89 bits per heavy atom. The van der Waals surface area contributed by atoms with Gasteiger partial charge in [0.1, 0.15) is 11.9 Å². The zero-order valence-corrected chi connectivity index (χ0v) is 12.2. The highest BCUT2D eigenvalue weighted by molar-refractivity contribution is 9.10. The van der Waals surface area contributed by atoms with Crippen molar-refractivity contribution >= 4 is 33.4 Å². The van der Waals surface area contributed by atoms with Gasteiger partial charge in [0.25, 0.3) is 11.5 Å². The molecule has 0 radical (unpaired) electrons. The lowest BCUT2D eigenvalue weighted by molar-refractivity contribution is 0.0429. The zero-order chi connectivity index (χ0) is 13.8. The topological polar surface area (TPSA) is 51.1 Å². The van der Waals surface area contributed by atoms with Crippen molar-refractivity contribution in [2.24, 2.45) is 0 Å². The second-order valence-electron chi connectivity index (χ2n) is 4.92. The Hall–Kier alpha value is -0.880. The smallest absolute Gasteiger partial charge is 0.271 e. The van der Waals surface area contributed by atoms with Crippen LogP contribution in [0.1, 0.15) is 36.2 Å². The molecule has 0 aromatic carbocycles. The van der Waals surface area contributed by atoms with Gasteiger partial charge in [-0.3, -0.25) is 14.2 Å². The highest BCUT2D eigenvalue weighted by atomic mass is 79.9. The third-order valence-electron chi connectivity index (χ3n) is 3.84. The summed E-state index contributed by atoms with van der Waals surface area (Å²) in [7, 11) is 0. The molecule has 19 heavy (non-hydrogen) atoms. The van der Waals surface area contributed by atoms with Crippen LogP contribution in [0, 0.1) is 0 Å². The lowest BCUT2D eigenvalue weighted by atomic mass is 9.87. The first-order valence-electron chi connectivity index (χ1n) is 6.05. The normalized spacial score (nSPS) is 29.4. The third-order valence-corrected chi connectivity index (χ3v) is 4.69. The van der Waals surface area contributed by atoms with Gasteiger partial charge in [0, 0.05) is 0 Å². The fraction of sp³-hybridized carbons (Fsp3) is 0.500. The van der Waals surface area contributed by atoms with Crippen LogP contribution in [0.3, 0.4) is 0 Å². The fourth-order valence-electron chi connectivity index (χ4n) is 2.97. The number of pyridine rings is 1. The summed E-state index contributed by atoms with van der Waals surface area (Å²) in [6.07, 6.45) is 0.964. The Morgan fingerprint density at radius 1 is 1.47 bits per heavy atom. The predicted molar refractivity (Wildman–Crippen MR) is 72.2 cm³/mol. The maximum absolute atomic E-state index is 14.4. The van der Waals surface area contributed by atoms with Crippen LogP contribution >= 0.6 is 27.5 Å². The van der Waals surface area contributed by atoms with Gasteiger partial charge in [-0.05, 0) is 41.3 Å². The second kappa shape index (κ2) is 4.31. The standard InChI is InChI=1S/C12H11BrClFN2O2/c13-6-5-7(14)9-10(18)16-12(17(9)11(6)19)4-2-1-3-8(12)15/h5,8H,1-4H2,(H,16,18). The van der Waals surface area contributed by atoms with Gasteiger partial charge < -0.3 is 5.32 Å². The van der Waals surface area contributed by atoms with E-state index in [1.54, 1.807) is 0 Å². The number of halogens is 3. The molecule has 3 rings (SSSR count). The van der Waals surface area contributed by atoms with Crippen LogP contribution in [0.4, 0.5) is 4.39 Å². The van der Waals surface area contributed by atoms with E-state index in [9.17, 15) is 14.0 Å². The average molecular weight is 350 g/mol. The molecular weight excluding hydrogens is 338 g/mol. The molecule has 1 N–H and O–H groups in total. The Balaban J connectivity index is 2.32.